The Morgan fingerprint density at radius 1 is 1.55 bits per heavy atom. The monoisotopic (exact) mass is 293 g/mol. The molecule has 110 valence electrons. The lowest BCUT2D eigenvalue weighted by Crippen LogP contribution is -2.48. The summed E-state index contributed by atoms with van der Waals surface area (Å²) in [6.45, 7) is 8.11. The minimum atomic E-state index is 0.116. The maximum Gasteiger partial charge on any atom is 0.256 e. The molecule has 0 bridgehead atoms. The number of anilines is 1. The standard InChI is InChI=1S/C15H23N3OS/c1-4-6-17-14-10-16-7-5-13(14)15(19)18-8-9-20-12(3)11(18)2/h5,7,10-12,17H,4,6,8-9H2,1-3H3. The molecule has 1 aromatic rings. The zero-order chi connectivity index (χ0) is 14.5. The van der Waals surface area contributed by atoms with Crippen LogP contribution in [0.4, 0.5) is 5.69 Å². The van der Waals surface area contributed by atoms with Crippen molar-refractivity contribution in [3.63, 3.8) is 0 Å². The number of pyridine rings is 1. The molecule has 0 radical (unpaired) electrons. The van der Waals surface area contributed by atoms with E-state index in [1.807, 2.05) is 22.7 Å². The predicted molar refractivity (Wildman–Crippen MR) is 85.4 cm³/mol. The summed E-state index contributed by atoms with van der Waals surface area (Å²) in [5.41, 5.74) is 1.58. The summed E-state index contributed by atoms with van der Waals surface area (Å²) in [5.74, 6) is 1.13. The van der Waals surface area contributed by atoms with Gasteiger partial charge < -0.3 is 10.2 Å². The van der Waals surface area contributed by atoms with E-state index in [0.717, 1.165) is 36.5 Å². The summed E-state index contributed by atoms with van der Waals surface area (Å²) in [7, 11) is 0. The number of aromatic nitrogens is 1. The third-order valence-electron chi connectivity index (χ3n) is 3.76. The summed E-state index contributed by atoms with van der Waals surface area (Å²) in [6.07, 6.45) is 4.46. The van der Waals surface area contributed by atoms with E-state index < -0.39 is 0 Å². The molecule has 1 amide bonds. The SMILES string of the molecule is CCCNc1cnccc1C(=O)N1CCSC(C)C1C. The molecule has 2 heterocycles. The van der Waals surface area contributed by atoms with Gasteiger partial charge in [0.2, 0.25) is 0 Å². The molecule has 1 fully saturated rings. The first kappa shape index (κ1) is 15.2. The van der Waals surface area contributed by atoms with E-state index in [2.05, 4.69) is 31.1 Å². The maximum atomic E-state index is 12.8. The van der Waals surface area contributed by atoms with Gasteiger partial charge in [0, 0.05) is 36.3 Å². The smallest absolute Gasteiger partial charge is 0.256 e. The lowest BCUT2D eigenvalue weighted by Gasteiger charge is -2.37. The van der Waals surface area contributed by atoms with Gasteiger partial charge in [-0.2, -0.15) is 11.8 Å². The van der Waals surface area contributed by atoms with E-state index in [1.54, 1.807) is 12.4 Å². The molecular formula is C15H23N3OS. The van der Waals surface area contributed by atoms with E-state index in [9.17, 15) is 4.79 Å². The van der Waals surface area contributed by atoms with E-state index in [0.29, 0.717) is 5.25 Å². The molecule has 1 N–H and O–H groups in total. The highest BCUT2D eigenvalue weighted by atomic mass is 32.2. The van der Waals surface area contributed by atoms with Crippen LogP contribution in [0.5, 0.6) is 0 Å². The van der Waals surface area contributed by atoms with E-state index >= 15 is 0 Å². The number of carbonyl (C=O) groups excluding carboxylic acids is 1. The van der Waals surface area contributed by atoms with Crippen LogP contribution in [0.2, 0.25) is 0 Å². The molecule has 5 heteroatoms. The number of nitrogens with one attached hydrogen (secondary N) is 1. The topological polar surface area (TPSA) is 45.2 Å². The average molecular weight is 293 g/mol. The van der Waals surface area contributed by atoms with Crippen molar-refractivity contribution in [3.05, 3.63) is 24.0 Å². The first-order valence-electron chi connectivity index (χ1n) is 7.25. The molecule has 2 atom stereocenters. The fraction of sp³-hybridized carbons (Fsp3) is 0.600. The zero-order valence-electron chi connectivity index (χ0n) is 12.4. The van der Waals surface area contributed by atoms with Crippen molar-refractivity contribution in [3.8, 4) is 0 Å². The van der Waals surface area contributed by atoms with Crippen LogP contribution in [0.1, 0.15) is 37.6 Å². The molecule has 1 aliphatic heterocycles. The van der Waals surface area contributed by atoms with E-state index in [1.165, 1.54) is 0 Å². The van der Waals surface area contributed by atoms with Gasteiger partial charge >= 0.3 is 0 Å². The molecule has 1 aromatic heterocycles. The second-order valence-corrected chi connectivity index (χ2v) is 6.65. The molecule has 0 aliphatic carbocycles. The maximum absolute atomic E-state index is 12.8. The molecule has 4 nitrogen and oxygen atoms in total. The lowest BCUT2D eigenvalue weighted by atomic mass is 10.1. The fourth-order valence-electron chi connectivity index (χ4n) is 2.36. The summed E-state index contributed by atoms with van der Waals surface area (Å²) in [6, 6.07) is 2.09. The number of amides is 1. The number of thioether (sulfide) groups is 1. The van der Waals surface area contributed by atoms with Crippen molar-refractivity contribution in [2.45, 2.75) is 38.5 Å². The van der Waals surface area contributed by atoms with Crippen LogP contribution in [-0.4, -0.2) is 45.9 Å². The second kappa shape index (κ2) is 6.97. The van der Waals surface area contributed by atoms with Crippen molar-refractivity contribution in [2.24, 2.45) is 0 Å². The van der Waals surface area contributed by atoms with Crippen LogP contribution in [0.3, 0.4) is 0 Å². The first-order chi connectivity index (χ1) is 9.65. The van der Waals surface area contributed by atoms with Gasteiger partial charge in [-0.15, -0.1) is 0 Å². The summed E-state index contributed by atoms with van der Waals surface area (Å²) < 4.78 is 0. The minimum absolute atomic E-state index is 0.116. The Bertz CT molecular complexity index is 466. The molecule has 2 unspecified atom stereocenters. The molecule has 1 saturated heterocycles. The first-order valence-corrected chi connectivity index (χ1v) is 8.30. The van der Waals surface area contributed by atoms with Crippen LogP contribution in [-0.2, 0) is 0 Å². The van der Waals surface area contributed by atoms with Crippen molar-refractivity contribution >= 4 is 23.4 Å². The Balaban J connectivity index is 2.19. The zero-order valence-corrected chi connectivity index (χ0v) is 13.2. The van der Waals surface area contributed by atoms with Gasteiger partial charge in [0.15, 0.2) is 0 Å². The molecule has 20 heavy (non-hydrogen) atoms. The molecule has 2 rings (SSSR count). The number of rotatable bonds is 4. The van der Waals surface area contributed by atoms with Crippen molar-refractivity contribution in [1.29, 1.82) is 0 Å². The number of nitrogens with zero attached hydrogens (tertiary/aromatic N) is 2. The van der Waals surface area contributed by atoms with E-state index in [-0.39, 0.29) is 11.9 Å². The Kier molecular flexibility index (Phi) is 5.29. The fourth-order valence-corrected chi connectivity index (χ4v) is 3.46. The largest absolute Gasteiger partial charge is 0.383 e. The summed E-state index contributed by atoms with van der Waals surface area (Å²) in [4.78, 5) is 18.9. The third kappa shape index (κ3) is 3.26. The highest BCUT2D eigenvalue weighted by Crippen LogP contribution is 2.27. The van der Waals surface area contributed by atoms with Crippen molar-refractivity contribution in [2.75, 3.05) is 24.2 Å². The lowest BCUT2D eigenvalue weighted by molar-refractivity contribution is 0.0699. The van der Waals surface area contributed by atoms with Gasteiger partial charge in [-0.1, -0.05) is 13.8 Å². The van der Waals surface area contributed by atoms with Gasteiger partial charge in [0.05, 0.1) is 17.4 Å². The van der Waals surface area contributed by atoms with Crippen molar-refractivity contribution < 1.29 is 4.79 Å². The number of hydrogen-bond donors (Lipinski definition) is 1. The Labute approximate surface area is 125 Å². The Morgan fingerprint density at radius 3 is 3.10 bits per heavy atom. The number of carbonyl (C=O) groups is 1. The van der Waals surface area contributed by atoms with Crippen LogP contribution < -0.4 is 5.32 Å². The Hall–Kier alpha value is -1.23. The van der Waals surface area contributed by atoms with Crippen LogP contribution in [0, 0.1) is 0 Å². The van der Waals surface area contributed by atoms with Crippen molar-refractivity contribution in [1.82, 2.24) is 9.88 Å². The Morgan fingerprint density at radius 2 is 2.35 bits per heavy atom. The van der Waals surface area contributed by atoms with E-state index in [4.69, 9.17) is 0 Å². The molecule has 0 aromatic carbocycles. The van der Waals surface area contributed by atoms with Gasteiger partial charge in [0.1, 0.15) is 0 Å². The van der Waals surface area contributed by atoms with Crippen LogP contribution in [0.15, 0.2) is 18.5 Å². The molecule has 0 spiro atoms. The molecule has 0 saturated carbocycles. The average Bonchev–Trinajstić information content (AvgIpc) is 2.47. The molecular weight excluding hydrogens is 270 g/mol. The molecule has 1 aliphatic rings. The van der Waals surface area contributed by atoms with Gasteiger partial charge in [-0.25, -0.2) is 0 Å². The summed E-state index contributed by atoms with van der Waals surface area (Å²) in [5, 5.41) is 3.78. The summed E-state index contributed by atoms with van der Waals surface area (Å²) >= 11 is 1.94. The van der Waals surface area contributed by atoms with Gasteiger partial charge in [-0.3, -0.25) is 9.78 Å². The quantitative estimate of drug-likeness (QED) is 0.927. The minimum Gasteiger partial charge on any atom is -0.383 e. The normalized spacial score (nSPS) is 22.6. The van der Waals surface area contributed by atoms with Crippen LogP contribution in [0.25, 0.3) is 0 Å². The second-order valence-electron chi connectivity index (χ2n) is 5.16. The predicted octanol–water partition coefficient (Wildman–Crippen LogP) is 2.87. The highest BCUT2D eigenvalue weighted by molar-refractivity contribution is 8.00. The van der Waals surface area contributed by atoms with Gasteiger partial charge in [0.25, 0.3) is 5.91 Å². The highest BCUT2D eigenvalue weighted by Gasteiger charge is 2.30. The van der Waals surface area contributed by atoms with Gasteiger partial charge in [-0.05, 0) is 19.4 Å². The van der Waals surface area contributed by atoms with Crippen LogP contribution >= 0.6 is 11.8 Å². The third-order valence-corrected chi connectivity index (χ3v) is 5.10. The number of hydrogen-bond acceptors (Lipinski definition) is 4.